The van der Waals surface area contributed by atoms with E-state index >= 15 is 0 Å². The average molecular weight is 309 g/mol. The zero-order chi connectivity index (χ0) is 16.2. The fourth-order valence-electron chi connectivity index (χ4n) is 2.94. The Hall–Kier alpha value is -2.62. The lowest BCUT2D eigenvalue weighted by atomic mass is 9.86. The third-order valence-electron chi connectivity index (χ3n) is 4.22. The number of carbonyl (C=O) groups is 2. The van der Waals surface area contributed by atoms with E-state index in [-0.39, 0.29) is 29.8 Å². The molecule has 2 aromatic rings. The zero-order valence-corrected chi connectivity index (χ0v) is 12.7. The number of benzene rings is 2. The summed E-state index contributed by atoms with van der Waals surface area (Å²) in [5.41, 5.74) is 1.99. The molecule has 4 nitrogen and oxygen atoms in total. The summed E-state index contributed by atoms with van der Waals surface area (Å²) < 4.78 is 0. The van der Waals surface area contributed by atoms with Crippen molar-refractivity contribution in [2.45, 2.75) is 25.3 Å². The molecule has 1 aliphatic heterocycles. The molecule has 2 aromatic carbocycles. The summed E-state index contributed by atoms with van der Waals surface area (Å²) in [7, 11) is 0. The standard InChI is InChI=1S/C19H19NO3/c21-16-8-6-14(7-9-16)11-17-18(22)12-15(19(23)20-17)10-13-4-2-1-3-5-13/h1-9,15,17,21H,10-12H2,(H,20,23). The zero-order valence-electron chi connectivity index (χ0n) is 12.7. The summed E-state index contributed by atoms with van der Waals surface area (Å²) in [6.07, 6.45) is 1.33. The van der Waals surface area contributed by atoms with E-state index < -0.39 is 6.04 Å². The highest BCUT2D eigenvalue weighted by Gasteiger charge is 2.34. The summed E-state index contributed by atoms with van der Waals surface area (Å²) in [5, 5.41) is 12.1. The van der Waals surface area contributed by atoms with Crippen molar-refractivity contribution in [1.82, 2.24) is 5.32 Å². The molecule has 118 valence electrons. The Bertz CT molecular complexity index is 694. The Morgan fingerprint density at radius 2 is 1.57 bits per heavy atom. The first-order chi connectivity index (χ1) is 11.1. The molecule has 1 heterocycles. The van der Waals surface area contributed by atoms with E-state index in [1.165, 1.54) is 0 Å². The molecule has 0 bridgehead atoms. The fraction of sp³-hybridized carbons (Fsp3) is 0.263. The van der Waals surface area contributed by atoms with E-state index in [1.54, 1.807) is 24.3 Å². The van der Waals surface area contributed by atoms with Crippen LogP contribution in [-0.4, -0.2) is 22.8 Å². The first-order valence-corrected chi connectivity index (χ1v) is 7.77. The molecule has 1 saturated heterocycles. The van der Waals surface area contributed by atoms with E-state index in [1.807, 2.05) is 30.3 Å². The lowest BCUT2D eigenvalue weighted by Crippen LogP contribution is -2.51. The van der Waals surface area contributed by atoms with Gasteiger partial charge in [-0.2, -0.15) is 0 Å². The van der Waals surface area contributed by atoms with Gasteiger partial charge in [-0.15, -0.1) is 0 Å². The van der Waals surface area contributed by atoms with Crippen LogP contribution in [0.4, 0.5) is 0 Å². The van der Waals surface area contributed by atoms with Crippen molar-refractivity contribution >= 4 is 11.7 Å². The molecule has 0 aromatic heterocycles. The second kappa shape index (κ2) is 6.65. The first-order valence-electron chi connectivity index (χ1n) is 7.77. The first kappa shape index (κ1) is 15.3. The van der Waals surface area contributed by atoms with Crippen LogP contribution in [0.2, 0.25) is 0 Å². The third kappa shape index (κ3) is 3.77. The molecular weight excluding hydrogens is 290 g/mol. The molecule has 3 rings (SSSR count). The number of carbonyl (C=O) groups excluding carboxylic acids is 2. The molecular formula is C19H19NO3. The topological polar surface area (TPSA) is 66.4 Å². The minimum atomic E-state index is -0.473. The largest absolute Gasteiger partial charge is 0.508 e. The van der Waals surface area contributed by atoms with E-state index in [0.29, 0.717) is 12.8 Å². The van der Waals surface area contributed by atoms with E-state index in [0.717, 1.165) is 11.1 Å². The van der Waals surface area contributed by atoms with E-state index in [4.69, 9.17) is 0 Å². The summed E-state index contributed by atoms with van der Waals surface area (Å²) in [6, 6.07) is 16.0. The summed E-state index contributed by atoms with van der Waals surface area (Å²) in [5.74, 6) is -0.0903. The molecule has 2 atom stereocenters. The molecule has 2 unspecified atom stereocenters. The van der Waals surface area contributed by atoms with Gasteiger partial charge in [-0.25, -0.2) is 0 Å². The number of aromatic hydroxyl groups is 1. The Labute approximate surface area is 135 Å². The Morgan fingerprint density at radius 3 is 2.26 bits per heavy atom. The molecule has 0 saturated carbocycles. The maximum absolute atomic E-state index is 12.3. The van der Waals surface area contributed by atoms with Crippen LogP contribution in [0.15, 0.2) is 54.6 Å². The van der Waals surface area contributed by atoms with Crippen LogP contribution in [0.25, 0.3) is 0 Å². The van der Waals surface area contributed by atoms with Crippen molar-refractivity contribution in [1.29, 1.82) is 0 Å². The van der Waals surface area contributed by atoms with Crippen molar-refractivity contribution in [2.24, 2.45) is 5.92 Å². The number of hydrogen-bond donors (Lipinski definition) is 2. The van der Waals surface area contributed by atoms with Crippen molar-refractivity contribution in [3.05, 3.63) is 65.7 Å². The number of phenolic OH excluding ortho intramolecular Hbond substituents is 1. The van der Waals surface area contributed by atoms with Gasteiger partial charge in [-0.1, -0.05) is 42.5 Å². The second-order valence-corrected chi connectivity index (χ2v) is 5.99. The van der Waals surface area contributed by atoms with Gasteiger partial charge in [0.2, 0.25) is 5.91 Å². The smallest absolute Gasteiger partial charge is 0.224 e. The number of ketones is 1. The van der Waals surface area contributed by atoms with Gasteiger partial charge in [0.05, 0.1) is 6.04 Å². The fourth-order valence-corrected chi connectivity index (χ4v) is 2.94. The highest BCUT2D eigenvalue weighted by molar-refractivity contribution is 5.97. The number of rotatable bonds is 4. The van der Waals surface area contributed by atoms with Gasteiger partial charge in [-0.3, -0.25) is 9.59 Å². The maximum atomic E-state index is 12.3. The minimum absolute atomic E-state index is 0.0581. The minimum Gasteiger partial charge on any atom is -0.508 e. The van der Waals surface area contributed by atoms with Crippen molar-refractivity contribution < 1.29 is 14.7 Å². The molecule has 1 aliphatic rings. The highest BCUT2D eigenvalue weighted by atomic mass is 16.3. The van der Waals surface area contributed by atoms with Crippen molar-refractivity contribution in [2.75, 3.05) is 0 Å². The Kier molecular flexibility index (Phi) is 4.42. The molecule has 1 amide bonds. The van der Waals surface area contributed by atoms with E-state index in [2.05, 4.69) is 5.32 Å². The monoisotopic (exact) mass is 309 g/mol. The van der Waals surface area contributed by atoms with Gasteiger partial charge >= 0.3 is 0 Å². The van der Waals surface area contributed by atoms with Crippen LogP contribution in [0.3, 0.4) is 0 Å². The number of hydrogen-bond acceptors (Lipinski definition) is 3. The van der Waals surface area contributed by atoms with Crippen LogP contribution in [0, 0.1) is 5.92 Å². The van der Waals surface area contributed by atoms with Crippen molar-refractivity contribution in [3.8, 4) is 5.75 Å². The third-order valence-corrected chi connectivity index (χ3v) is 4.22. The Balaban J connectivity index is 1.64. The SMILES string of the molecule is O=C1NC(Cc2ccc(O)cc2)C(=O)CC1Cc1ccccc1. The summed E-state index contributed by atoms with van der Waals surface area (Å²) >= 11 is 0. The number of Topliss-reactive ketones (excluding diaryl/α,β-unsaturated/α-hetero) is 1. The average Bonchev–Trinajstić information content (AvgIpc) is 2.55. The van der Waals surface area contributed by atoms with Gasteiger partial charge in [-0.05, 0) is 36.1 Å². The summed E-state index contributed by atoms with van der Waals surface area (Å²) in [6.45, 7) is 0. The summed E-state index contributed by atoms with van der Waals surface area (Å²) in [4.78, 5) is 24.6. The molecule has 2 N–H and O–H groups in total. The van der Waals surface area contributed by atoms with E-state index in [9.17, 15) is 14.7 Å². The maximum Gasteiger partial charge on any atom is 0.224 e. The molecule has 0 spiro atoms. The van der Waals surface area contributed by atoms with Gasteiger partial charge in [0.25, 0.3) is 0 Å². The lowest BCUT2D eigenvalue weighted by Gasteiger charge is -2.28. The molecule has 0 radical (unpaired) electrons. The number of phenols is 1. The highest BCUT2D eigenvalue weighted by Crippen LogP contribution is 2.20. The lowest BCUT2D eigenvalue weighted by molar-refractivity contribution is -0.136. The quantitative estimate of drug-likeness (QED) is 0.910. The second-order valence-electron chi connectivity index (χ2n) is 5.99. The predicted octanol–water partition coefficient (Wildman–Crippen LogP) is 2.25. The van der Waals surface area contributed by atoms with Crippen LogP contribution in [0.5, 0.6) is 5.75 Å². The van der Waals surface area contributed by atoms with Gasteiger partial charge in [0.15, 0.2) is 5.78 Å². The van der Waals surface area contributed by atoms with Gasteiger partial charge in [0.1, 0.15) is 5.75 Å². The molecule has 4 heteroatoms. The van der Waals surface area contributed by atoms with Crippen LogP contribution >= 0.6 is 0 Å². The van der Waals surface area contributed by atoms with Gasteiger partial charge in [0, 0.05) is 12.3 Å². The molecule has 1 fully saturated rings. The number of piperidine rings is 1. The van der Waals surface area contributed by atoms with Crippen LogP contribution < -0.4 is 5.32 Å². The molecule has 23 heavy (non-hydrogen) atoms. The number of amides is 1. The van der Waals surface area contributed by atoms with Gasteiger partial charge < -0.3 is 10.4 Å². The normalized spacial score (nSPS) is 21.0. The van der Waals surface area contributed by atoms with Crippen molar-refractivity contribution in [3.63, 3.8) is 0 Å². The Morgan fingerprint density at radius 1 is 0.913 bits per heavy atom. The molecule has 0 aliphatic carbocycles. The predicted molar refractivity (Wildman–Crippen MR) is 87.0 cm³/mol. The van der Waals surface area contributed by atoms with Crippen LogP contribution in [-0.2, 0) is 22.4 Å². The number of nitrogens with one attached hydrogen (secondary N) is 1. The van der Waals surface area contributed by atoms with Crippen LogP contribution in [0.1, 0.15) is 17.5 Å².